The Balaban J connectivity index is 1.65. The van der Waals surface area contributed by atoms with Crippen LogP contribution in [-0.4, -0.2) is 12.6 Å². The largest absolute Gasteiger partial charge is 0.314 e. The highest BCUT2D eigenvalue weighted by atomic mass is 14.9. The second-order valence-electron chi connectivity index (χ2n) is 6.24. The van der Waals surface area contributed by atoms with E-state index in [1.165, 1.54) is 38.6 Å². The fraction of sp³-hybridized carbons (Fsp3) is 1.00. The van der Waals surface area contributed by atoms with Gasteiger partial charge in [-0.05, 0) is 49.5 Å². The Hall–Kier alpha value is -0.0400. The molecule has 88 valence electrons. The van der Waals surface area contributed by atoms with Gasteiger partial charge in [-0.2, -0.15) is 0 Å². The van der Waals surface area contributed by atoms with Crippen molar-refractivity contribution in [1.29, 1.82) is 0 Å². The lowest BCUT2D eigenvalue weighted by Gasteiger charge is -2.26. The number of nitrogens with one attached hydrogen (secondary N) is 1. The van der Waals surface area contributed by atoms with Crippen LogP contribution in [0.1, 0.15) is 52.9 Å². The first kappa shape index (κ1) is 11.4. The molecule has 2 atom stereocenters. The fourth-order valence-corrected chi connectivity index (χ4v) is 3.18. The van der Waals surface area contributed by atoms with Crippen LogP contribution >= 0.6 is 0 Å². The molecule has 2 unspecified atom stereocenters. The van der Waals surface area contributed by atoms with Crippen LogP contribution in [-0.2, 0) is 0 Å². The zero-order chi connectivity index (χ0) is 10.8. The van der Waals surface area contributed by atoms with E-state index >= 15 is 0 Å². The van der Waals surface area contributed by atoms with Gasteiger partial charge in [0.2, 0.25) is 0 Å². The van der Waals surface area contributed by atoms with Gasteiger partial charge in [-0.3, -0.25) is 0 Å². The highest BCUT2D eigenvalue weighted by Gasteiger charge is 2.42. The first-order valence-electron chi connectivity index (χ1n) is 6.90. The predicted molar refractivity (Wildman–Crippen MR) is 65.9 cm³/mol. The van der Waals surface area contributed by atoms with Crippen LogP contribution in [0.15, 0.2) is 0 Å². The molecule has 1 N–H and O–H groups in total. The average Bonchev–Trinajstić information content (AvgIpc) is 2.95. The summed E-state index contributed by atoms with van der Waals surface area (Å²) in [5, 5.41) is 3.59. The van der Waals surface area contributed by atoms with Crippen molar-refractivity contribution in [2.24, 2.45) is 23.7 Å². The summed E-state index contributed by atoms with van der Waals surface area (Å²) in [7, 11) is 0. The smallest absolute Gasteiger partial charge is 0.00104 e. The number of hydrogen-bond acceptors (Lipinski definition) is 1. The van der Waals surface area contributed by atoms with E-state index in [1.807, 2.05) is 0 Å². The van der Waals surface area contributed by atoms with Crippen molar-refractivity contribution < 1.29 is 0 Å². The average molecular weight is 209 g/mol. The Morgan fingerprint density at radius 3 is 2.40 bits per heavy atom. The van der Waals surface area contributed by atoms with E-state index in [1.54, 1.807) is 0 Å². The van der Waals surface area contributed by atoms with Crippen molar-refractivity contribution in [2.45, 2.75) is 58.9 Å². The van der Waals surface area contributed by atoms with Gasteiger partial charge in [0, 0.05) is 6.04 Å². The van der Waals surface area contributed by atoms with Crippen LogP contribution in [0.25, 0.3) is 0 Å². The summed E-state index contributed by atoms with van der Waals surface area (Å²) in [4.78, 5) is 0. The zero-order valence-electron chi connectivity index (χ0n) is 10.6. The Labute approximate surface area is 95.0 Å². The van der Waals surface area contributed by atoms with Crippen LogP contribution in [0, 0.1) is 23.7 Å². The minimum Gasteiger partial charge on any atom is -0.314 e. The molecule has 15 heavy (non-hydrogen) atoms. The number of rotatable bonds is 4. The Bertz CT molecular complexity index is 192. The summed E-state index contributed by atoms with van der Waals surface area (Å²) >= 11 is 0. The van der Waals surface area contributed by atoms with Crippen LogP contribution in [0.4, 0.5) is 0 Å². The Morgan fingerprint density at radius 1 is 1.13 bits per heavy atom. The molecule has 1 heteroatoms. The second kappa shape index (κ2) is 4.86. The van der Waals surface area contributed by atoms with E-state index in [0.29, 0.717) is 6.04 Å². The molecule has 0 heterocycles. The molecular formula is C14H27N. The first-order valence-corrected chi connectivity index (χ1v) is 6.90. The molecule has 0 amide bonds. The summed E-state index contributed by atoms with van der Waals surface area (Å²) in [6.07, 6.45) is 7.53. The molecule has 0 aromatic heterocycles. The summed E-state index contributed by atoms with van der Waals surface area (Å²) in [6.45, 7) is 8.19. The molecule has 0 aliphatic heterocycles. The Kier molecular flexibility index (Phi) is 3.71. The molecule has 0 spiro atoms. The lowest BCUT2D eigenvalue weighted by atomic mass is 9.80. The van der Waals surface area contributed by atoms with Gasteiger partial charge in [0.25, 0.3) is 0 Å². The summed E-state index contributed by atoms with van der Waals surface area (Å²) in [5.41, 5.74) is 0. The lowest BCUT2D eigenvalue weighted by molar-refractivity contribution is 0.255. The molecule has 2 aliphatic rings. The lowest BCUT2D eigenvalue weighted by Crippen LogP contribution is -2.26. The van der Waals surface area contributed by atoms with E-state index < -0.39 is 0 Å². The normalized spacial score (nSPS) is 40.8. The van der Waals surface area contributed by atoms with Gasteiger partial charge < -0.3 is 5.32 Å². The fourth-order valence-electron chi connectivity index (χ4n) is 3.18. The van der Waals surface area contributed by atoms with Gasteiger partial charge in [0.1, 0.15) is 0 Å². The van der Waals surface area contributed by atoms with Crippen molar-refractivity contribution in [1.82, 2.24) is 5.32 Å². The molecular weight excluding hydrogens is 182 g/mol. The van der Waals surface area contributed by atoms with E-state index in [9.17, 15) is 0 Å². The van der Waals surface area contributed by atoms with E-state index in [0.717, 1.165) is 23.7 Å². The first-order chi connectivity index (χ1) is 7.16. The standard InChI is InChI=1S/C14H27N/c1-10(2)15-9-13-8-14(13)12-6-4-11(3)5-7-12/h10-15H,4-9H2,1-3H3. The summed E-state index contributed by atoms with van der Waals surface area (Å²) < 4.78 is 0. The van der Waals surface area contributed by atoms with E-state index in [-0.39, 0.29) is 0 Å². The quantitative estimate of drug-likeness (QED) is 0.748. The van der Waals surface area contributed by atoms with Gasteiger partial charge >= 0.3 is 0 Å². The van der Waals surface area contributed by atoms with Crippen molar-refractivity contribution >= 4 is 0 Å². The molecule has 2 fully saturated rings. The third-order valence-corrected chi connectivity index (χ3v) is 4.43. The van der Waals surface area contributed by atoms with Crippen LogP contribution in [0.3, 0.4) is 0 Å². The number of hydrogen-bond donors (Lipinski definition) is 1. The topological polar surface area (TPSA) is 12.0 Å². The van der Waals surface area contributed by atoms with Crippen molar-refractivity contribution in [3.05, 3.63) is 0 Å². The molecule has 2 rings (SSSR count). The predicted octanol–water partition coefficient (Wildman–Crippen LogP) is 3.45. The van der Waals surface area contributed by atoms with Gasteiger partial charge in [-0.15, -0.1) is 0 Å². The molecule has 0 bridgehead atoms. The molecule has 0 aromatic rings. The molecule has 0 saturated heterocycles. The van der Waals surface area contributed by atoms with Crippen LogP contribution < -0.4 is 5.32 Å². The van der Waals surface area contributed by atoms with Crippen molar-refractivity contribution in [2.75, 3.05) is 6.54 Å². The minimum atomic E-state index is 0.664. The van der Waals surface area contributed by atoms with E-state index in [4.69, 9.17) is 0 Å². The molecule has 1 nitrogen and oxygen atoms in total. The third-order valence-electron chi connectivity index (χ3n) is 4.43. The van der Waals surface area contributed by atoms with Crippen molar-refractivity contribution in [3.8, 4) is 0 Å². The summed E-state index contributed by atoms with van der Waals surface area (Å²) in [5.74, 6) is 4.20. The van der Waals surface area contributed by atoms with Crippen molar-refractivity contribution in [3.63, 3.8) is 0 Å². The van der Waals surface area contributed by atoms with E-state index in [2.05, 4.69) is 26.1 Å². The minimum absolute atomic E-state index is 0.664. The molecule has 2 saturated carbocycles. The van der Waals surface area contributed by atoms with Gasteiger partial charge in [-0.25, -0.2) is 0 Å². The molecule has 0 radical (unpaired) electrons. The summed E-state index contributed by atoms with van der Waals surface area (Å²) in [6, 6.07) is 0.664. The van der Waals surface area contributed by atoms with Gasteiger partial charge in [0.15, 0.2) is 0 Å². The van der Waals surface area contributed by atoms with Gasteiger partial charge in [-0.1, -0.05) is 33.6 Å². The monoisotopic (exact) mass is 209 g/mol. The third kappa shape index (κ3) is 3.21. The zero-order valence-corrected chi connectivity index (χ0v) is 10.6. The maximum Gasteiger partial charge on any atom is 0.00104 e. The second-order valence-corrected chi connectivity index (χ2v) is 6.24. The SMILES string of the molecule is CC1CCC(C2CC2CNC(C)C)CC1. The van der Waals surface area contributed by atoms with Crippen LogP contribution in [0.5, 0.6) is 0 Å². The highest BCUT2D eigenvalue weighted by molar-refractivity contribution is 4.93. The van der Waals surface area contributed by atoms with Crippen LogP contribution in [0.2, 0.25) is 0 Å². The molecule has 2 aliphatic carbocycles. The Morgan fingerprint density at radius 2 is 1.80 bits per heavy atom. The highest BCUT2D eigenvalue weighted by Crippen LogP contribution is 2.49. The van der Waals surface area contributed by atoms with Gasteiger partial charge in [0.05, 0.1) is 0 Å². The maximum atomic E-state index is 3.59. The molecule has 0 aromatic carbocycles. The maximum absolute atomic E-state index is 3.59.